The second kappa shape index (κ2) is 14.3. The molecule has 3 aromatic carbocycles. The van der Waals surface area contributed by atoms with E-state index in [1.165, 1.54) is 0 Å². The molecule has 0 aromatic heterocycles. The molecule has 1 heterocycles. The molecule has 1 saturated heterocycles. The first-order chi connectivity index (χ1) is 21.3. The van der Waals surface area contributed by atoms with E-state index in [1.807, 2.05) is 60.7 Å². The first-order valence-electron chi connectivity index (χ1n) is 15.8. The fraction of sp³-hybridized carbons (Fsp3) is 0.432. The Bertz CT molecular complexity index is 1450. The molecule has 0 spiro atoms. The van der Waals surface area contributed by atoms with Crippen molar-refractivity contribution in [2.24, 2.45) is 5.73 Å². The Balaban J connectivity index is 1.65. The molecular weight excluding hydrogens is 564 g/mol. The number of hydrogen-bond acceptors (Lipinski definition) is 5. The van der Waals surface area contributed by atoms with E-state index in [4.69, 9.17) is 10.5 Å². The Labute approximate surface area is 267 Å². The lowest BCUT2D eigenvalue weighted by atomic mass is 9.84. The zero-order valence-electron chi connectivity index (χ0n) is 27.7. The highest BCUT2D eigenvalue weighted by Crippen LogP contribution is 2.32. The zero-order valence-corrected chi connectivity index (χ0v) is 27.7. The molecule has 1 fully saturated rings. The summed E-state index contributed by atoms with van der Waals surface area (Å²) in [5.41, 5.74) is 13.8. The van der Waals surface area contributed by atoms with Crippen LogP contribution in [-0.4, -0.2) is 47.0 Å². The van der Waals surface area contributed by atoms with Gasteiger partial charge in [-0.3, -0.25) is 9.59 Å². The van der Waals surface area contributed by atoms with Gasteiger partial charge in [-0.2, -0.15) is 0 Å². The smallest absolute Gasteiger partial charge is 0.408 e. The van der Waals surface area contributed by atoms with E-state index in [2.05, 4.69) is 38.3 Å². The molecule has 0 aliphatic carbocycles. The van der Waals surface area contributed by atoms with Crippen LogP contribution in [0.4, 0.5) is 4.79 Å². The van der Waals surface area contributed by atoms with Gasteiger partial charge in [0.05, 0.1) is 0 Å². The first kappa shape index (κ1) is 33.7. The Morgan fingerprint density at radius 3 is 1.87 bits per heavy atom. The van der Waals surface area contributed by atoms with Crippen molar-refractivity contribution in [2.45, 2.75) is 98.0 Å². The topological polar surface area (TPSA) is 114 Å². The maximum absolute atomic E-state index is 14.6. The number of benzene rings is 3. The minimum Gasteiger partial charge on any atom is -0.444 e. The van der Waals surface area contributed by atoms with Crippen molar-refractivity contribution in [2.75, 3.05) is 6.54 Å². The average Bonchev–Trinajstić information content (AvgIpc) is 3.50. The number of rotatable bonds is 9. The number of nitrogens with two attached hydrogens (primary N) is 1. The van der Waals surface area contributed by atoms with Crippen molar-refractivity contribution < 1.29 is 19.1 Å². The highest BCUT2D eigenvalue weighted by atomic mass is 16.6. The normalized spacial score (nSPS) is 15.6. The molecule has 0 radical (unpaired) electrons. The van der Waals surface area contributed by atoms with Crippen LogP contribution in [0.15, 0.2) is 60.7 Å². The van der Waals surface area contributed by atoms with E-state index in [0.717, 1.165) is 44.5 Å². The monoisotopic (exact) mass is 612 g/mol. The van der Waals surface area contributed by atoms with Crippen molar-refractivity contribution >= 4 is 17.9 Å². The van der Waals surface area contributed by atoms with Crippen LogP contribution in [0.5, 0.6) is 0 Å². The standard InChI is InChI=1S/C37H48N4O4/c1-23-25(3)30(26(4)24(2)29(23)21-38)22-39-34(42)31-19-14-20-41(31)35(43)33(40-36(44)45-37(5,6)7)32(27-15-10-8-11-16-27)28-17-12-9-13-18-28/h8-13,15-18,31-33H,14,19-22,38H2,1-7H3,(H,39,42)(H,40,44)/t31-,33+/m0/s1. The van der Waals surface area contributed by atoms with Gasteiger partial charge >= 0.3 is 6.09 Å². The number of alkyl carbamates (subject to hydrolysis) is 1. The molecule has 4 rings (SSSR count). The summed E-state index contributed by atoms with van der Waals surface area (Å²) in [4.78, 5) is 43.1. The summed E-state index contributed by atoms with van der Waals surface area (Å²) in [6, 6.07) is 17.7. The van der Waals surface area contributed by atoms with Crippen molar-refractivity contribution in [3.8, 4) is 0 Å². The molecule has 4 N–H and O–H groups in total. The highest BCUT2D eigenvalue weighted by molar-refractivity contribution is 5.93. The van der Waals surface area contributed by atoms with Gasteiger partial charge in [-0.05, 0) is 106 Å². The molecule has 8 heteroatoms. The number of carbonyl (C=O) groups is 3. The van der Waals surface area contributed by atoms with E-state index in [0.29, 0.717) is 32.5 Å². The van der Waals surface area contributed by atoms with Crippen molar-refractivity contribution in [3.05, 3.63) is 105 Å². The third kappa shape index (κ3) is 7.74. The van der Waals surface area contributed by atoms with Crippen LogP contribution in [0.1, 0.15) is 84.0 Å². The molecular formula is C37H48N4O4. The van der Waals surface area contributed by atoms with Gasteiger partial charge in [-0.1, -0.05) is 60.7 Å². The quantitative estimate of drug-likeness (QED) is 0.286. The van der Waals surface area contributed by atoms with Crippen LogP contribution in [-0.2, 0) is 27.4 Å². The maximum atomic E-state index is 14.6. The van der Waals surface area contributed by atoms with Crippen molar-refractivity contribution in [1.29, 1.82) is 0 Å². The number of likely N-dealkylation sites (tertiary alicyclic amines) is 1. The molecule has 3 aromatic rings. The van der Waals surface area contributed by atoms with Gasteiger partial charge in [0, 0.05) is 25.6 Å². The van der Waals surface area contributed by atoms with E-state index >= 15 is 0 Å². The molecule has 8 nitrogen and oxygen atoms in total. The van der Waals surface area contributed by atoms with Crippen LogP contribution in [0.2, 0.25) is 0 Å². The predicted octanol–water partition coefficient (Wildman–Crippen LogP) is 5.71. The highest BCUT2D eigenvalue weighted by Gasteiger charge is 2.42. The minimum absolute atomic E-state index is 0.204. The summed E-state index contributed by atoms with van der Waals surface area (Å²) in [6.45, 7) is 14.9. The fourth-order valence-electron chi connectivity index (χ4n) is 6.43. The second-order valence-electron chi connectivity index (χ2n) is 13.0. The average molecular weight is 613 g/mol. The Morgan fingerprint density at radius 2 is 1.38 bits per heavy atom. The van der Waals surface area contributed by atoms with E-state index in [-0.39, 0.29) is 11.8 Å². The lowest BCUT2D eigenvalue weighted by Gasteiger charge is -2.34. The van der Waals surface area contributed by atoms with Gasteiger partial charge in [-0.25, -0.2) is 4.79 Å². The van der Waals surface area contributed by atoms with Crippen LogP contribution < -0.4 is 16.4 Å². The van der Waals surface area contributed by atoms with Crippen LogP contribution in [0.25, 0.3) is 0 Å². The lowest BCUT2D eigenvalue weighted by molar-refractivity contribution is -0.140. The van der Waals surface area contributed by atoms with Gasteiger partial charge in [-0.15, -0.1) is 0 Å². The summed E-state index contributed by atoms with van der Waals surface area (Å²) >= 11 is 0. The van der Waals surface area contributed by atoms with Crippen molar-refractivity contribution in [3.63, 3.8) is 0 Å². The predicted molar refractivity (Wildman–Crippen MR) is 178 cm³/mol. The Morgan fingerprint density at radius 1 is 0.867 bits per heavy atom. The van der Waals surface area contributed by atoms with E-state index in [1.54, 1.807) is 25.7 Å². The minimum atomic E-state index is -1.00. The largest absolute Gasteiger partial charge is 0.444 e. The third-order valence-electron chi connectivity index (χ3n) is 9.01. The number of amides is 3. The number of nitrogens with one attached hydrogen (secondary N) is 2. The lowest BCUT2D eigenvalue weighted by Crippen LogP contribution is -2.56. The zero-order chi connectivity index (χ0) is 32.9. The number of nitrogens with zero attached hydrogens (tertiary/aromatic N) is 1. The van der Waals surface area contributed by atoms with Gasteiger partial charge in [0.15, 0.2) is 0 Å². The van der Waals surface area contributed by atoms with Gasteiger partial charge in [0.1, 0.15) is 17.7 Å². The molecule has 2 atom stereocenters. The SMILES string of the molecule is Cc1c(C)c(CNC(=O)[C@@H]2CCCN2C(=O)[C@H](NC(=O)OC(C)(C)C)C(c2ccccc2)c2ccccc2)c(C)c(C)c1CN. The summed E-state index contributed by atoms with van der Waals surface area (Å²) in [5.74, 6) is -1.03. The first-order valence-corrected chi connectivity index (χ1v) is 15.8. The van der Waals surface area contributed by atoms with Crippen LogP contribution in [0, 0.1) is 27.7 Å². The summed E-state index contributed by atoms with van der Waals surface area (Å²) in [6.07, 6.45) is 0.543. The fourth-order valence-corrected chi connectivity index (χ4v) is 6.43. The van der Waals surface area contributed by atoms with E-state index < -0.39 is 29.7 Å². The molecule has 0 unspecified atom stereocenters. The molecule has 1 aliphatic heterocycles. The van der Waals surface area contributed by atoms with Gasteiger partial charge in [0.25, 0.3) is 0 Å². The van der Waals surface area contributed by atoms with E-state index in [9.17, 15) is 14.4 Å². The summed E-state index contributed by atoms with van der Waals surface area (Å²) in [5, 5.41) is 6.04. The molecule has 240 valence electrons. The molecule has 0 bridgehead atoms. The number of hydrogen-bond donors (Lipinski definition) is 3. The molecule has 3 amide bonds. The number of ether oxygens (including phenoxy) is 1. The van der Waals surface area contributed by atoms with Crippen molar-refractivity contribution in [1.82, 2.24) is 15.5 Å². The molecule has 0 saturated carbocycles. The third-order valence-corrected chi connectivity index (χ3v) is 9.01. The summed E-state index contributed by atoms with van der Waals surface area (Å²) in [7, 11) is 0. The number of carbonyl (C=O) groups excluding carboxylic acids is 3. The second-order valence-corrected chi connectivity index (χ2v) is 13.0. The molecule has 1 aliphatic rings. The Kier molecular flexibility index (Phi) is 10.7. The van der Waals surface area contributed by atoms with Gasteiger partial charge < -0.3 is 26.0 Å². The van der Waals surface area contributed by atoms with Crippen LogP contribution in [0.3, 0.4) is 0 Å². The van der Waals surface area contributed by atoms with Gasteiger partial charge in [0.2, 0.25) is 11.8 Å². The Hall–Kier alpha value is -4.17. The maximum Gasteiger partial charge on any atom is 0.408 e. The molecule has 45 heavy (non-hydrogen) atoms. The summed E-state index contributed by atoms with van der Waals surface area (Å²) < 4.78 is 5.61. The van der Waals surface area contributed by atoms with Crippen LogP contribution >= 0.6 is 0 Å².